The quantitative estimate of drug-likeness (QED) is 0.543. The number of amides is 1. The van der Waals surface area contributed by atoms with Crippen LogP contribution in [0, 0.1) is 0 Å². The number of fused-ring (bicyclic) bond motifs is 2. The summed E-state index contributed by atoms with van der Waals surface area (Å²) < 4.78 is 11.1. The smallest absolute Gasteiger partial charge is 0.350 e. The molecule has 0 saturated carbocycles. The number of ether oxygens (including phenoxy) is 2. The van der Waals surface area contributed by atoms with Crippen LogP contribution in [0.1, 0.15) is 15.2 Å². The number of para-hydroxylation sites is 1. The number of methoxy groups -OCH3 is 1. The molecule has 0 atom stereocenters. The highest BCUT2D eigenvalue weighted by Gasteiger charge is 2.26. The summed E-state index contributed by atoms with van der Waals surface area (Å²) in [6.07, 6.45) is 0.790. The number of carbonyl (C=O) groups excluding carboxylic acids is 2. The third-order valence-corrected chi connectivity index (χ3v) is 6.82. The van der Waals surface area contributed by atoms with Crippen molar-refractivity contribution in [2.45, 2.75) is 6.42 Å². The molecule has 0 N–H and O–H groups in total. The number of hydrogen-bond donors (Lipinski definition) is 0. The summed E-state index contributed by atoms with van der Waals surface area (Å²) in [7, 11) is 1.51. The van der Waals surface area contributed by atoms with Crippen molar-refractivity contribution < 1.29 is 19.1 Å². The molecular weight excluding hydrogens is 421 g/mol. The molecule has 2 heterocycles. The lowest BCUT2D eigenvalue weighted by Crippen LogP contribution is -2.33. The molecule has 5 nitrogen and oxygen atoms in total. The maximum atomic E-state index is 12.5. The van der Waals surface area contributed by atoms with E-state index in [-0.39, 0.29) is 22.4 Å². The van der Waals surface area contributed by atoms with Crippen LogP contribution in [-0.2, 0) is 16.0 Å². The number of carbonyl (C=O) groups is 2. The third-order valence-electron chi connectivity index (χ3n) is 4.62. The van der Waals surface area contributed by atoms with Crippen molar-refractivity contribution >= 4 is 62.2 Å². The van der Waals surface area contributed by atoms with E-state index in [1.807, 2.05) is 24.3 Å². The highest BCUT2D eigenvalue weighted by Crippen LogP contribution is 2.43. The molecule has 1 amide bonds. The van der Waals surface area contributed by atoms with Gasteiger partial charge in [-0.3, -0.25) is 4.79 Å². The molecular formula is C20H15Cl2NO4S. The second kappa shape index (κ2) is 7.62. The number of hydrogen-bond acceptors (Lipinski definition) is 5. The molecule has 144 valence electrons. The zero-order valence-corrected chi connectivity index (χ0v) is 17.2. The van der Waals surface area contributed by atoms with E-state index in [2.05, 4.69) is 0 Å². The minimum Gasteiger partial charge on any atom is -0.495 e. The molecule has 0 aliphatic carbocycles. The number of nitrogens with zero attached hydrogens (tertiary/aromatic N) is 1. The van der Waals surface area contributed by atoms with Crippen molar-refractivity contribution in [1.29, 1.82) is 0 Å². The Morgan fingerprint density at radius 1 is 1.14 bits per heavy atom. The van der Waals surface area contributed by atoms with Crippen LogP contribution in [0.5, 0.6) is 5.75 Å². The molecule has 1 aromatic heterocycles. The zero-order chi connectivity index (χ0) is 19.8. The van der Waals surface area contributed by atoms with Crippen molar-refractivity contribution in [3.8, 4) is 5.75 Å². The summed E-state index contributed by atoms with van der Waals surface area (Å²) in [5.74, 6) is -0.424. The van der Waals surface area contributed by atoms with Gasteiger partial charge in [0, 0.05) is 17.6 Å². The van der Waals surface area contributed by atoms with Gasteiger partial charge >= 0.3 is 5.97 Å². The largest absolute Gasteiger partial charge is 0.495 e. The first-order chi connectivity index (χ1) is 13.5. The predicted molar refractivity (Wildman–Crippen MR) is 111 cm³/mol. The number of anilines is 1. The Kier molecular flexibility index (Phi) is 5.19. The van der Waals surface area contributed by atoms with E-state index < -0.39 is 5.97 Å². The third kappa shape index (κ3) is 3.21. The van der Waals surface area contributed by atoms with Gasteiger partial charge in [0.1, 0.15) is 15.6 Å². The van der Waals surface area contributed by atoms with Crippen LogP contribution in [0.15, 0.2) is 36.4 Å². The highest BCUT2D eigenvalue weighted by atomic mass is 35.5. The van der Waals surface area contributed by atoms with Gasteiger partial charge in [-0.15, -0.1) is 11.3 Å². The van der Waals surface area contributed by atoms with Gasteiger partial charge in [-0.05, 0) is 30.2 Å². The second-order valence-electron chi connectivity index (χ2n) is 6.20. The van der Waals surface area contributed by atoms with Crippen LogP contribution in [0.4, 0.5) is 5.69 Å². The van der Waals surface area contributed by atoms with E-state index in [1.54, 1.807) is 17.0 Å². The molecule has 8 heteroatoms. The Morgan fingerprint density at radius 3 is 2.71 bits per heavy atom. The standard InChI is InChI=1S/C20H15Cl2NO4S/c1-26-14-7-6-12-16(21)19(28-18(12)17(14)22)20(25)27-10-15(24)23-9-8-11-4-2-3-5-13(11)23/h2-7H,8-10H2,1H3. The SMILES string of the molecule is COc1ccc2c(Cl)c(C(=O)OCC(=O)N3CCc4ccccc43)sc2c1Cl. The lowest BCUT2D eigenvalue weighted by atomic mass is 10.2. The molecule has 0 radical (unpaired) electrons. The first kappa shape index (κ1) is 19.1. The number of halogens is 2. The number of benzene rings is 2. The average molecular weight is 436 g/mol. The van der Waals surface area contributed by atoms with Crippen LogP contribution in [0.3, 0.4) is 0 Å². The van der Waals surface area contributed by atoms with Crippen molar-refractivity contribution in [1.82, 2.24) is 0 Å². The fourth-order valence-electron chi connectivity index (χ4n) is 3.24. The lowest BCUT2D eigenvalue weighted by molar-refractivity contribution is -0.121. The van der Waals surface area contributed by atoms with Crippen LogP contribution in [0.25, 0.3) is 10.1 Å². The summed E-state index contributed by atoms with van der Waals surface area (Å²) in [5, 5.41) is 1.29. The summed E-state index contributed by atoms with van der Waals surface area (Å²) in [5.41, 5.74) is 1.97. The van der Waals surface area contributed by atoms with Gasteiger partial charge < -0.3 is 14.4 Å². The summed E-state index contributed by atoms with van der Waals surface area (Å²) in [6, 6.07) is 11.1. The average Bonchev–Trinajstić information content (AvgIpc) is 3.28. The first-order valence-corrected chi connectivity index (χ1v) is 10.1. The Morgan fingerprint density at radius 2 is 1.93 bits per heavy atom. The molecule has 2 aromatic carbocycles. The number of esters is 1. The van der Waals surface area contributed by atoms with Gasteiger partial charge in [0.05, 0.1) is 16.8 Å². The predicted octanol–water partition coefficient (Wildman–Crippen LogP) is 4.96. The molecule has 28 heavy (non-hydrogen) atoms. The zero-order valence-electron chi connectivity index (χ0n) is 14.8. The van der Waals surface area contributed by atoms with Crippen LogP contribution in [0.2, 0.25) is 10.0 Å². The van der Waals surface area contributed by atoms with Gasteiger partial charge in [-0.2, -0.15) is 0 Å². The van der Waals surface area contributed by atoms with Crippen molar-refractivity contribution in [2.24, 2.45) is 0 Å². The van der Waals surface area contributed by atoms with Gasteiger partial charge in [0.25, 0.3) is 5.91 Å². The van der Waals surface area contributed by atoms with Crippen molar-refractivity contribution in [3.63, 3.8) is 0 Å². The van der Waals surface area contributed by atoms with E-state index in [1.165, 1.54) is 7.11 Å². The van der Waals surface area contributed by atoms with Crippen LogP contribution in [-0.4, -0.2) is 32.1 Å². The molecule has 0 bridgehead atoms. The van der Waals surface area contributed by atoms with Gasteiger partial charge in [0.15, 0.2) is 6.61 Å². The van der Waals surface area contributed by atoms with Crippen LogP contribution >= 0.6 is 34.5 Å². The minimum absolute atomic E-state index is 0.210. The van der Waals surface area contributed by atoms with Crippen molar-refractivity contribution in [2.75, 3.05) is 25.2 Å². The van der Waals surface area contributed by atoms with E-state index in [9.17, 15) is 9.59 Å². The second-order valence-corrected chi connectivity index (χ2v) is 7.98. The molecule has 3 aromatic rings. The molecule has 1 aliphatic rings. The Labute approximate surface area is 175 Å². The Bertz CT molecular complexity index is 1100. The van der Waals surface area contributed by atoms with E-state index in [0.29, 0.717) is 27.4 Å². The molecule has 0 unspecified atom stereocenters. The van der Waals surface area contributed by atoms with Gasteiger partial charge in [-0.25, -0.2) is 4.79 Å². The fraction of sp³-hybridized carbons (Fsp3) is 0.200. The van der Waals surface area contributed by atoms with Gasteiger partial charge in [-0.1, -0.05) is 41.4 Å². The summed E-state index contributed by atoms with van der Waals surface area (Å²) in [4.78, 5) is 26.9. The number of thiophene rings is 1. The molecule has 0 spiro atoms. The van der Waals surface area contributed by atoms with E-state index in [4.69, 9.17) is 32.7 Å². The molecule has 1 aliphatic heterocycles. The normalized spacial score (nSPS) is 12.9. The maximum Gasteiger partial charge on any atom is 0.350 e. The summed E-state index contributed by atoms with van der Waals surface area (Å²) in [6.45, 7) is 0.226. The van der Waals surface area contributed by atoms with Crippen LogP contribution < -0.4 is 9.64 Å². The van der Waals surface area contributed by atoms with E-state index >= 15 is 0 Å². The summed E-state index contributed by atoms with van der Waals surface area (Å²) >= 11 is 13.8. The molecule has 0 saturated heterocycles. The van der Waals surface area contributed by atoms with Crippen molar-refractivity contribution in [3.05, 3.63) is 56.9 Å². The monoisotopic (exact) mass is 435 g/mol. The fourth-order valence-corrected chi connectivity index (χ4v) is 5.02. The molecule has 4 rings (SSSR count). The minimum atomic E-state index is -0.651. The van der Waals surface area contributed by atoms with E-state index in [0.717, 1.165) is 29.0 Å². The topological polar surface area (TPSA) is 55.8 Å². The Hall–Kier alpha value is -2.28. The van der Waals surface area contributed by atoms with Gasteiger partial charge in [0.2, 0.25) is 0 Å². The first-order valence-electron chi connectivity index (χ1n) is 8.51. The lowest BCUT2D eigenvalue weighted by Gasteiger charge is -2.17. The maximum absolute atomic E-state index is 12.5. The Balaban J connectivity index is 1.51. The number of rotatable bonds is 4. The molecule has 0 fully saturated rings. The highest BCUT2D eigenvalue weighted by molar-refractivity contribution is 7.22.